The molecule has 0 aliphatic heterocycles. The summed E-state index contributed by atoms with van der Waals surface area (Å²) in [6.45, 7) is 2.02. The van der Waals surface area contributed by atoms with Gasteiger partial charge in [0, 0.05) is 6.07 Å². The molecular formula is C16H14N2O2S. The Kier molecular flexibility index (Phi) is 3.83. The first-order valence-corrected chi connectivity index (χ1v) is 7.56. The van der Waals surface area contributed by atoms with E-state index in [0.29, 0.717) is 10.8 Å². The first kappa shape index (κ1) is 13.6. The molecule has 3 aromatic rings. The van der Waals surface area contributed by atoms with Gasteiger partial charge in [-0.15, -0.1) is 11.3 Å². The van der Waals surface area contributed by atoms with E-state index in [4.69, 9.17) is 4.74 Å². The molecule has 0 radical (unpaired) electrons. The van der Waals surface area contributed by atoms with Crippen LogP contribution in [-0.4, -0.2) is 15.7 Å². The van der Waals surface area contributed by atoms with Crippen LogP contribution in [0, 0.1) is 0 Å². The third kappa shape index (κ3) is 2.87. The average molecular weight is 298 g/mol. The molecule has 0 atom stereocenters. The molecule has 5 heteroatoms. The number of hydrogen-bond donors (Lipinski definition) is 0. The number of esters is 1. The van der Waals surface area contributed by atoms with Crippen molar-refractivity contribution in [1.29, 1.82) is 0 Å². The van der Waals surface area contributed by atoms with Crippen molar-refractivity contribution in [3.8, 4) is 11.6 Å². The molecule has 106 valence electrons. The van der Waals surface area contributed by atoms with E-state index in [0.717, 1.165) is 17.8 Å². The second-order valence-corrected chi connectivity index (χ2v) is 5.39. The maximum Gasteiger partial charge on any atom is 0.355 e. The van der Waals surface area contributed by atoms with Gasteiger partial charge in [0.1, 0.15) is 4.88 Å². The van der Waals surface area contributed by atoms with E-state index in [-0.39, 0.29) is 5.97 Å². The minimum absolute atomic E-state index is 0.357. The number of aromatic nitrogens is 2. The van der Waals surface area contributed by atoms with Gasteiger partial charge in [-0.05, 0) is 30.0 Å². The van der Waals surface area contributed by atoms with Crippen LogP contribution in [0.3, 0.4) is 0 Å². The number of nitrogens with zero attached hydrogens (tertiary/aromatic N) is 2. The molecule has 21 heavy (non-hydrogen) atoms. The van der Waals surface area contributed by atoms with Gasteiger partial charge in [-0.3, -0.25) is 0 Å². The zero-order valence-electron chi connectivity index (χ0n) is 11.5. The number of thiophene rings is 1. The van der Waals surface area contributed by atoms with Crippen molar-refractivity contribution in [1.82, 2.24) is 9.78 Å². The molecule has 0 unspecified atom stereocenters. The van der Waals surface area contributed by atoms with Crippen LogP contribution in [0.25, 0.3) is 5.69 Å². The molecule has 4 nitrogen and oxygen atoms in total. The van der Waals surface area contributed by atoms with E-state index in [1.807, 2.05) is 48.7 Å². The molecular weight excluding hydrogens is 284 g/mol. The second-order valence-electron chi connectivity index (χ2n) is 4.44. The van der Waals surface area contributed by atoms with Gasteiger partial charge in [-0.1, -0.05) is 31.2 Å². The summed E-state index contributed by atoms with van der Waals surface area (Å²) in [6.07, 6.45) is 0.781. The summed E-state index contributed by atoms with van der Waals surface area (Å²) in [5.41, 5.74) is 1.75. The first-order valence-electron chi connectivity index (χ1n) is 6.68. The van der Waals surface area contributed by atoms with E-state index in [9.17, 15) is 4.79 Å². The number of ether oxygens (including phenoxy) is 1. The number of carbonyl (C=O) groups is 1. The Labute approximate surface area is 126 Å². The molecule has 2 heterocycles. The Morgan fingerprint density at radius 1 is 1.24 bits per heavy atom. The highest BCUT2D eigenvalue weighted by Crippen LogP contribution is 2.21. The van der Waals surface area contributed by atoms with Crippen molar-refractivity contribution in [2.24, 2.45) is 0 Å². The van der Waals surface area contributed by atoms with Crippen molar-refractivity contribution in [3.63, 3.8) is 0 Å². The largest absolute Gasteiger partial charge is 0.403 e. The lowest BCUT2D eigenvalue weighted by Crippen LogP contribution is -2.10. The fourth-order valence-corrected chi connectivity index (χ4v) is 2.55. The fraction of sp³-hybridized carbons (Fsp3) is 0.125. The lowest BCUT2D eigenvalue weighted by Gasteiger charge is -2.06. The van der Waals surface area contributed by atoms with Crippen molar-refractivity contribution in [3.05, 3.63) is 64.5 Å². The molecule has 0 saturated carbocycles. The highest BCUT2D eigenvalue weighted by Gasteiger charge is 2.15. The van der Waals surface area contributed by atoms with Crippen LogP contribution < -0.4 is 4.74 Å². The summed E-state index contributed by atoms with van der Waals surface area (Å²) in [6, 6.07) is 15.0. The zero-order valence-corrected chi connectivity index (χ0v) is 12.3. The SMILES string of the molecule is CCc1cc(OC(=O)c2cccs2)n(-c2ccccc2)n1. The maximum absolute atomic E-state index is 12.1. The summed E-state index contributed by atoms with van der Waals surface area (Å²) in [5, 5.41) is 6.33. The molecule has 0 aliphatic carbocycles. The van der Waals surface area contributed by atoms with E-state index in [2.05, 4.69) is 5.10 Å². The minimum atomic E-state index is -0.357. The normalized spacial score (nSPS) is 10.5. The first-order chi connectivity index (χ1) is 10.3. The average Bonchev–Trinajstić information content (AvgIpc) is 3.17. The van der Waals surface area contributed by atoms with E-state index in [1.54, 1.807) is 16.8 Å². The van der Waals surface area contributed by atoms with Crippen LogP contribution in [0.4, 0.5) is 0 Å². The van der Waals surface area contributed by atoms with Crippen LogP contribution in [0.2, 0.25) is 0 Å². The van der Waals surface area contributed by atoms with Crippen LogP contribution in [0.15, 0.2) is 53.9 Å². The lowest BCUT2D eigenvalue weighted by atomic mass is 10.3. The van der Waals surface area contributed by atoms with Gasteiger partial charge < -0.3 is 4.74 Å². The Bertz CT molecular complexity index is 733. The molecule has 0 bridgehead atoms. The van der Waals surface area contributed by atoms with Gasteiger partial charge in [0.2, 0.25) is 5.88 Å². The van der Waals surface area contributed by atoms with E-state index >= 15 is 0 Å². The smallest absolute Gasteiger partial charge is 0.355 e. The van der Waals surface area contributed by atoms with Crippen molar-refractivity contribution in [2.75, 3.05) is 0 Å². The summed E-state index contributed by atoms with van der Waals surface area (Å²) in [7, 11) is 0. The summed E-state index contributed by atoms with van der Waals surface area (Å²) < 4.78 is 7.16. The molecule has 1 aromatic carbocycles. The highest BCUT2D eigenvalue weighted by atomic mass is 32.1. The molecule has 0 saturated heterocycles. The Morgan fingerprint density at radius 3 is 2.71 bits per heavy atom. The number of hydrogen-bond acceptors (Lipinski definition) is 4. The van der Waals surface area contributed by atoms with Gasteiger partial charge in [0.15, 0.2) is 0 Å². The van der Waals surface area contributed by atoms with Crippen LogP contribution in [0.1, 0.15) is 22.3 Å². The van der Waals surface area contributed by atoms with Crippen molar-refractivity contribution >= 4 is 17.3 Å². The predicted molar refractivity (Wildman–Crippen MR) is 82.2 cm³/mol. The maximum atomic E-state index is 12.1. The molecule has 0 aliphatic rings. The highest BCUT2D eigenvalue weighted by molar-refractivity contribution is 7.12. The molecule has 3 rings (SSSR count). The van der Waals surface area contributed by atoms with Gasteiger partial charge in [-0.25, -0.2) is 9.48 Å². The number of aryl methyl sites for hydroxylation is 1. The fourth-order valence-electron chi connectivity index (χ4n) is 1.95. The monoisotopic (exact) mass is 298 g/mol. The molecule has 0 fully saturated rings. The number of para-hydroxylation sites is 1. The summed E-state index contributed by atoms with van der Waals surface area (Å²) in [4.78, 5) is 12.7. The van der Waals surface area contributed by atoms with Gasteiger partial charge in [0.05, 0.1) is 11.4 Å². The predicted octanol–water partition coefficient (Wildman–Crippen LogP) is 3.72. The lowest BCUT2D eigenvalue weighted by molar-refractivity contribution is 0.0728. The number of carbonyl (C=O) groups excluding carboxylic acids is 1. The molecule has 2 aromatic heterocycles. The number of rotatable bonds is 4. The Balaban J connectivity index is 1.94. The van der Waals surface area contributed by atoms with Gasteiger partial charge in [-0.2, -0.15) is 5.10 Å². The molecule has 0 spiro atoms. The van der Waals surface area contributed by atoms with Gasteiger partial charge in [0.25, 0.3) is 0 Å². The standard InChI is InChI=1S/C16H14N2O2S/c1-2-12-11-15(20-16(19)14-9-6-10-21-14)18(17-12)13-7-4-3-5-8-13/h3-11H,2H2,1H3. The summed E-state index contributed by atoms with van der Waals surface area (Å²) in [5.74, 6) is 0.0844. The quantitative estimate of drug-likeness (QED) is 0.690. The van der Waals surface area contributed by atoms with E-state index in [1.165, 1.54) is 11.3 Å². The topological polar surface area (TPSA) is 44.1 Å². The Morgan fingerprint density at radius 2 is 2.05 bits per heavy atom. The number of benzene rings is 1. The Hall–Kier alpha value is -2.40. The third-order valence-corrected chi connectivity index (χ3v) is 3.86. The molecule has 0 N–H and O–H groups in total. The van der Waals surface area contributed by atoms with Crippen molar-refractivity contribution < 1.29 is 9.53 Å². The van der Waals surface area contributed by atoms with E-state index < -0.39 is 0 Å². The summed E-state index contributed by atoms with van der Waals surface area (Å²) >= 11 is 1.36. The van der Waals surface area contributed by atoms with Gasteiger partial charge >= 0.3 is 5.97 Å². The van der Waals surface area contributed by atoms with Crippen molar-refractivity contribution in [2.45, 2.75) is 13.3 Å². The third-order valence-electron chi connectivity index (χ3n) is 3.01. The zero-order chi connectivity index (χ0) is 14.7. The van der Waals surface area contributed by atoms with Crippen LogP contribution in [0.5, 0.6) is 5.88 Å². The van der Waals surface area contributed by atoms with Crippen LogP contribution in [-0.2, 0) is 6.42 Å². The second kappa shape index (κ2) is 5.93. The molecule has 0 amide bonds. The van der Waals surface area contributed by atoms with Crippen LogP contribution >= 0.6 is 11.3 Å². The minimum Gasteiger partial charge on any atom is -0.403 e.